The van der Waals surface area contributed by atoms with Crippen LogP contribution in [0.2, 0.25) is 0 Å². The monoisotopic (exact) mass is 190 g/mol. The average Bonchev–Trinajstić information content (AvgIpc) is 2.65. The molecule has 1 rings (SSSR count). The van der Waals surface area contributed by atoms with Crippen LogP contribution in [0.5, 0.6) is 0 Å². The van der Waals surface area contributed by atoms with Crippen molar-refractivity contribution < 1.29 is 13.3 Å². The van der Waals surface area contributed by atoms with E-state index in [2.05, 4.69) is 14.9 Å². The molecule has 0 atom stereocenters. The summed E-state index contributed by atoms with van der Waals surface area (Å²) in [6.07, 6.45) is 0. The first-order valence-corrected chi connectivity index (χ1v) is 3.59. The van der Waals surface area contributed by atoms with Crippen LogP contribution in [-0.4, -0.2) is 18.5 Å². The molecule has 0 fully saturated rings. The lowest BCUT2D eigenvalue weighted by molar-refractivity contribution is 0.206. The fourth-order valence-corrected chi connectivity index (χ4v) is 0.761. The van der Waals surface area contributed by atoms with Gasteiger partial charge in [0, 0.05) is 6.07 Å². The second-order valence-electron chi connectivity index (χ2n) is 2.97. The van der Waals surface area contributed by atoms with E-state index in [1.807, 2.05) is 0 Å². The molecule has 0 unspecified atom stereocenters. The lowest BCUT2D eigenvalue weighted by Crippen LogP contribution is -2.26. The first-order chi connectivity index (χ1) is 6.16. The van der Waals surface area contributed by atoms with Gasteiger partial charge in [-0.1, -0.05) is 5.16 Å². The zero-order valence-electron chi connectivity index (χ0n) is 6.96. The van der Waals surface area contributed by atoms with Crippen molar-refractivity contribution in [3.8, 4) is 0 Å². The summed E-state index contributed by atoms with van der Waals surface area (Å²) in [5, 5.41) is 5.68. The van der Waals surface area contributed by atoms with Crippen LogP contribution in [-0.2, 0) is 5.41 Å². The van der Waals surface area contributed by atoms with E-state index in [-0.39, 0.29) is 11.6 Å². The van der Waals surface area contributed by atoms with Crippen molar-refractivity contribution in [2.45, 2.75) is 12.3 Å². The maximum absolute atomic E-state index is 12.4. The third-order valence-corrected chi connectivity index (χ3v) is 1.78. The van der Waals surface area contributed by atoms with Crippen molar-refractivity contribution in [2.75, 3.05) is 13.3 Å². The molecular formula is C7H8F2N2O2. The summed E-state index contributed by atoms with van der Waals surface area (Å²) in [6.45, 7) is -0.504. The van der Waals surface area contributed by atoms with E-state index in [1.54, 1.807) is 0 Å². The molecule has 0 N–H and O–H groups in total. The maximum Gasteiger partial charge on any atom is 0.238 e. The molecule has 4 nitrogen and oxygen atoms in total. The Kier molecular flexibility index (Phi) is 2.69. The third kappa shape index (κ3) is 1.71. The van der Waals surface area contributed by atoms with Crippen molar-refractivity contribution in [2.24, 2.45) is 5.18 Å². The highest BCUT2D eigenvalue weighted by Crippen LogP contribution is 2.27. The van der Waals surface area contributed by atoms with Crippen LogP contribution < -0.4 is 0 Å². The van der Waals surface area contributed by atoms with E-state index >= 15 is 0 Å². The highest BCUT2D eigenvalue weighted by atomic mass is 19.1. The van der Waals surface area contributed by atoms with E-state index in [0.717, 1.165) is 6.07 Å². The second kappa shape index (κ2) is 3.59. The Hall–Kier alpha value is -1.33. The topological polar surface area (TPSA) is 55.5 Å². The highest BCUT2D eigenvalue weighted by Gasteiger charge is 2.31. The van der Waals surface area contributed by atoms with Crippen molar-refractivity contribution in [3.63, 3.8) is 0 Å². The molecule has 72 valence electrons. The Bertz CT molecular complexity index is 296. The van der Waals surface area contributed by atoms with Crippen LogP contribution in [0.1, 0.15) is 12.7 Å². The summed E-state index contributed by atoms with van der Waals surface area (Å²) in [5.41, 5.74) is -1.37. The van der Waals surface area contributed by atoms with Gasteiger partial charge in [0.2, 0.25) is 5.82 Å². The Morgan fingerprint density at radius 1 is 1.62 bits per heavy atom. The zero-order chi connectivity index (χ0) is 9.90. The minimum Gasteiger partial charge on any atom is -0.358 e. The van der Waals surface area contributed by atoms with Gasteiger partial charge in [-0.05, 0) is 12.1 Å². The molecule has 0 aliphatic heterocycles. The average molecular weight is 190 g/mol. The van der Waals surface area contributed by atoms with Crippen LogP contribution in [0, 0.1) is 4.91 Å². The smallest absolute Gasteiger partial charge is 0.238 e. The minimum atomic E-state index is -1.37. The van der Waals surface area contributed by atoms with Crippen LogP contribution in [0.4, 0.5) is 14.6 Å². The Morgan fingerprint density at radius 3 is 2.62 bits per heavy atom. The minimum absolute atomic E-state index is 0.00731. The van der Waals surface area contributed by atoms with Crippen molar-refractivity contribution in [3.05, 3.63) is 16.7 Å². The number of alkyl halides is 2. The number of rotatable bonds is 4. The molecule has 0 saturated carbocycles. The molecular weight excluding hydrogens is 182 g/mol. The number of halogens is 2. The summed E-state index contributed by atoms with van der Waals surface area (Å²) in [5.74, 6) is -0.213. The van der Waals surface area contributed by atoms with E-state index in [0.29, 0.717) is 0 Å². The van der Waals surface area contributed by atoms with E-state index in [9.17, 15) is 13.7 Å². The quantitative estimate of drug-likeness (QED) is 0.684. The molecule has 0 amide bonds. The Morgan fingerprint density at radius 2 is 2.23 bits per heavy atom. The Labute approximate surface area is 72.9 Å². The van der Waals surface area contributed by atoms with Gasteiger partial charge in [0.1, 0.15) is 19.1 Å². The fourth-order valence-electron chi connectivity index (χ4n) is 0.761. The molecule has 1 aromatic rings. The van der Waals surface area contributed by atoms with E-state index in [1.165, 1.54) is 6.92 Å². The van der Waals surface area contributed by atoms with Gasteiger partial charge in [-0.15, -0.1) is 4.91 Å². The summed E-state index contributed by atoms with van der Waals surface area (Å²) in [6, 6.07) is 1.13. The lowest BCUT2D eigenvalue weighted by atomic mass is 9.91. The summed E-state index contributed by atoms with van der Waals surface area (Å²) in [7, 11) is 0. The predicted molar refractivity (Wildman–Crippen MR) is 41.3 cm³/mol. The molecule has 0 aromatic carbocycles. The molecule has 1 heterocycles. The number of hydrogen-bond acceptors (Lipinski definition) is 4. The molecule has 0 saturated heterocycles. The number of hydrogen-bond donors (Lipinski definition) is 0. The third-order valence-electron chi connectivity index (χ3n) is 1.78. The number of aromatic nitrogens is 1. The molecule has 0 bridgehead atoms. The van der Waals surface area contributed by atoms with Gasteiger partial charge >= 0.3 is 0 Å². The van der Waals surface area contributed by atoms with Crippen molar-refractivity contribution in [1.29, 1.82) is 0 Å². The first-order valence-electron chi connectivity index (χ1n) is 3.59. The predicted octanol–water partition coefficient (Wildman–Crippen LogP) is 2.27. The molecule has 0 aliphatic rings. The molecule has 13 heavy (non-hydrogen) atoms. The summed E-state index contributed by atoms with van der Waals surface area (Å²) < 4.78 is 29.4. The van der Waals surface area contributed by atoms with Crippen LogP contribution >= 0.6 is 0 Å². The van der Waals surface area contributed by atoms with Gasteiger partial charge in [0.25, 0.3) is 0 Å². The summed E-state index contributed by atoms with van der Waals surface area (Å²) >= 11 is 0. The van der Waals surface area contributed by atoms with Crippen LogP contribution in [0.3, 0.4) is 0 Å². The molecule has 6 heteroatoms. The lowest BCUT2D eigenvalue weighted by Gasteiger charge is -2.17. The van der Waals surface area contributed by atoms with E-state index in [4.69, 9.17) is 0 Å². The van der Waals surface area contributed by atoms with Gasteiger partial charge in [-0.25, -0.2) is 8.78 Å². The van der Waals surface area contributed by atoms with Gasteiger partial charge < -0.3 is 4.52 Å². The second-order valence-corrected chi connectivity index (χ2v) is 2.97. The molecule has 0 spiro atoms. The van der Waals surface area contributed by atoms with Gasteiger partial charge in [0.05, 0.1) is 5.41 Å². The van der Waals surface area contributed by atoms with Crippen molar-refractivity contribution >= 4 is 5.82 Å². The molecule has 0 aliphatic carbocycles. The van der Waals surface area contributed by atoms with E-state index < -0.39 is 18.8 Å². The normalized spacial score (nSPS) is 11.6. The highest BCUT2D eigenvalue weighted by molar-refractivity contribution is 5.29. The fraction of sp³-hybridized carbons (Fsp3) is 0.571. The van der Waals surface area contributed by atoms with Crippen LogP contribution in [0.15, 0.2) is 15.8 Å². The largest absolute Gasteiger partial charge is 0.358 e. The summed E-state index contributed by atoms with van der Waals surface area (Å²) in [4.78, 5) is 9.96. The molecule has 0 radical (unpaired) electrons. The van der Waals surface area contributed by atoms with Gasteiger partial charge in [-0.3, -0.25) is 0 Å². The first kappa shape index (κ1) is 9.76. The van der Waals surface area contributed by atoms with Gasteiger partial charge in [0.15, 0.2) is 0 Å². The standard InChI is InChI=1S/C7H8F2N2O2/c1-7(3-8,4-9)5-2-6(10-12)11-13-5/h2H,3-4H2,1H3. The number of nitroso groups, excluding NO2 is 1. The van der Waals surface area contributed by atoms with Crippen LogP contribution in [0.25, 0.3) is 0 Å². The van der Waals surface area contributed by atoms with Gasteiger partial charge in [-0.2, -0.15) is 0 Å². The zero-order valence-corrected chi connectivity index (χ0v) is 6.96. The maximum atomic E-state index is 12.4. The SMILES string of the molecule is CC(CF)(CF)c1cc(N=O)no1. The Balaban J connectivity index is 2.98. The number of nitrogens with zero attached hydrogens (tertiary/aromatic N) is 2. The van der Waals surface area contributed by atoms with Crippen molar-refractivity contribution in [1.82, 2.24) is 5.16 Å². The molecule has 1 aromatic heterocycles.